The van der Waals surface area contributed by atoms with Crippen LogP contribution in [0.2, 0.25) is 0 Å². The molecule has 2 heterocycles. The first-order valence-corrected chi connectivity index (χ1v) is 9.07. The van der Waals surface area contributed by atoms with E-state index in [0.29, 0.717) is 0 Å². The summed E-state index contributed by atoms with van der Waals surface area (Å²) in [5.41, 5.74) is 11.5. The highest BCUT2D eigenvalue weighted by molar-refractivity contribution is 5.91. The molecule has 13 nitrogen and oxygen atoms in total. The number of nitrogens with one attached hydrogen (secondary N) is 1. The minimum Gasteiger partial charge on any atom is -0.426 e. The van der Waals surface area contributed by atoms with Gasteiger partial charge in [0.1, 0.15) is 17.2 Å². The molecule has 0 spiro atoms. The molecule has 0 aliphatic carbocycles. The molecule has 13 heteroatoms. The van der Waals surface area contributed by atoms with Crippen molar-refractivity contribution in [3.63, 3.8) is 0 Å². The van der Waals surface area contributed by atoms with Crippen molar-refractivity contribution in [2.24, 2.45) is 16.0 Å². The van der Waals surface area contributed by atoms with Crippen molar-refractivity contribution in [1.29, 1.82) is 0 Å². The van der Waals surface area contributed by atoms with Gasteiger partial charge in [0.05, 0.1) is 6.54 Å². The van der Waals surface area contributed by atoms with E-state index in [4.69, 9.17) is 25.4 Å². The Morgan fingerprint density at radius 1 is 1.12 bits per heavy atom. The molecule has 2 aromatic heterocycles. The number of hydrogen-bond donors (Lipinski definition) is 3. The maximum Gasteiger partial charge on any atom is 0.519 e. The predicted octanol–water partition coefficient (Wildman–Crippen LogP) is 2.55. The summed E-state index contributed by atoms with van der Waals surface area (Å²) in [6.45, 7) is 0.942. The lowest BCUT2D eigenvalue weighted by atomic mass is 10.3. The lowest BCUT2D eigenvalue weighted by Gasteiger charge is -2.07. The number of pyridine rings is 1. The number of nitrogen functional groups attached to an aromatic ring is 1. The van der Waals surface area contributed by atoms with Gasteiger partial charge in [-0.05, 0) is 31.2 Å². The summed E-state index contributed by atoms with van der Waals surface area (Å²) in [5.74, 6) is -0.778. The first-order chi connectivity index (χ1) is 15.4. The number of hydrogen-bond acceptors (Lipinski definition) is 12. The van der Waals surface area contributed by atoms with Gasteiger partial charge in [-0.15, -0.1) is 10.2 Å². The number of para-hydroxylation sites is 1. The Balaban J connectivity index is 1.67. The molecule has 1 aromatic carbocycles. The molecule has 1 amide bonds. The number of aryl methyl sites for hydroxylation is 1. The highest BCUT2D eigenvalue weighted by Gasteiger charge is 2.14. The summed E-state index contributed by atoms with van der Waals surface area (Å²) >= 11 is 0. The first-order valence-electron chi connectivity index (χ1n) is 9.07. The van der Waals surface area contributed by atoms with Gasteiger partial charge in [0, 0.05) is 0 Å². The summed E-state index contributed by atoms with van der Waals surface area (Å²) in [6.07, 6.45) is -1.06. The van der Waals surface area contributed by atoms with Gasteiger partial charge in [-0.3, -0.25) is 4.79 Å². The summed E-state index contributed by atoms with van der Waals surface area (Å²) in [6, 6.07) is 9.27. The second-order valence-electron chi connectivity index (χ2n) is 6.10. The van der Waals surface area contributed by atoms with Gasteiger partial charge in [0.2, 0.25) is 5.91 Å². The van der Waals surface area contributed by atoms with E-state index in [1.807, 2.05) is 0 Å². The lowest BCUT2D eigenvalue weighted by Crippen LogP contribution is -2.22. The van der Waals surface area contributed by atoms with Crippen molar-refractivity contribution in [2.45, 2.75) is 13.5 Å². The summed E-state index contributed by atoms with van der Waals surface area (Å²) < 4.78 is 19.5. The van der Waals surface area contributed by atoms with Crippen LogP contribution in [0, 0.1) is 6.92 Å². The number of carbonyl (C=O) groups excluding carboxylic acids is 2. The van der Waals surface area contributed by atoms with Crippen LogP contribution in [0.1, 0.15) is 11.5 Å². The molecular weight excluding hydrogens is 424 g/mol. The normalized spacial score (nSPS) is 10.8. The minimum atomic E-state index is -1.06. The summed E-state index contributed by atoms with van der Waals surface area (Å²) in [4.78, 5) is 38.3. The lowest BCUT2D eigenvalue weighted by molar-refractivity contribution is -0.114. The Labute approximate surface area is 180 Å². The highest BCUT2D eigenvalue weighted by Crippen LogP contribution is 2.30. The fraction of sp³-hybridized carbons (Fsp3) is 0.158. The molecule has 3 rings (SSSR count). The van der Waals surface area contributed by atoms with Crippen LogP contribution in [-0.4, -0.2) is 23.6 Å². The highest BCUT2D eigenvalue weighted by atomic mass is 16.7. The molecular formula is C19H18N6O7. The van der Waals surface area contributed by atoms with Crippen molar-refractivity contribution in [1.82, 2.24) is 4.98 Å². The number of nitrogens with zero attached hydrogens (tertiary/aromatic N) is 3. The second-order valence-corrected chi connectivity index (χ2v) is 6.10. The molecule has 0 radical (unpaired) electrons. The van der Waals surface area contributed by atoms with Crippen molar-refractivity contribution in [3.8, 4) is 5.75 Å². The van der Waals surface area contributed by atoms with Crippen LogP contribution in [-0.2, 0) is 16.1 Å². The van der Waals surface area contributed by atoms with E-state index in [9.17, 15) is 14.4 Å². The monoisotopic (exact) mass is 442 g/mol. The van der Waals surface area contributed by atoms with Gasteiger partial charge in [0.25, 0.3) is 0 Å². The van der Waals surface area contributed by atoms with Crippen molar-refractivity contribution < 1.29 is 27.9 Å². The smallest absolute Gasteiger partial charge is 0.426 e. The van der Waals surface area contributed by atoms with Crippen molar-refractivity contribution in [2.75, 3.05) is 17.6 Å². The van der Waals surface area contributed by atoms with Crippen molar-refractivity contribution in [3.05, 3.63) is 58.5 Å². The topological polar surface area (TPSA) is 198 Å². The van der Waals surface area contributed by atoms with Crippen LogP contribution in [0.25, 0.3) is 0 Å². The van der Waals surface area contributed by atoms with E-state index in [0.717, 1.165) is 0 Å². The van der Waals surface area contributed by atoms with Crippen LogP contribution in [0.5, 0.6) is 5.75 Å². The van der Waals surface area contributed by atoms with Gasteiger partial charge in [-0.1, -0.05) is 12.1 Å². The zero-order valence-corrected chi connectivity index (χ0v) is 16.7. The van der Waals surface area contributed by atoms with Crippen LogP contribution in [0.15, 0.2) is 60.3 Å². The molecule has 5 N–H and O–H groups in total. The number of carbonyl (C=O) groups is 2. The average molecular weight is 442 g/mol. The molecule has 0 bridgehead atoms. The first kappa shape index (κ1) is 22.2. The van der Waals surface area contributed by atoms with E-state index in [2.05, 4.69) is 24.9 Å². The second kappa shape index (κ2) is 9.99. The minimum absolute atomic E-state index is 0.0124. The number of anilines is 2. The van der Waals surface area contributed by atoms with E-state index < -0.39 is 17.9 Å². The fourth-order valence-corrected chi connectivity index (χ4v) is 2.30. The molecule has 3 aromatic rings. The Morgan fingerprint density at radius 2 is 1.88 bits per heavy atom. The van der Waals surface area contributed by atoms with Crippen LogP contribution in [0.4, 0.5) is 27.8 Å². The molecule has 0 saturated carbocycles. The van der Waals surface area contributed by atoms with Gasteiger partial charge in [-0.25, -0.2) is 14.6 Å². The Bertz CT molecular complexity index is 1220. The third-order valence-corrected chi connectivity index (χ3v) is 3.84. The molecule has 0 saturated heterocycles. The number of nitrogens with two attached hydrogens (primary N) is 2. The van der Waals surface area contributed by atoms with E-state index in [1.54, 1.807) is 18.2 Å². The van der Waals surface area contributed by atoms with Crippen LogP contribution in [0.3, 0.4) is 0 Å². The third-order valence-electron chi connectivity index (χ3n) is 3.84. The number of amides is 1. The Kier molecular flexibility index (Phi) is 6.92. The number of ether oxygens (including phenoxy) is 2. The maximum absolute atomic E-state index is 12.0. The maximum atomic E-state index is 12.0. The molecule has 0 atom stereocenters. The summed E-state index contributed by atoms with van der Waals surface area (Å²) in [5, 5.41) is 10.5. The van der Waals surface area contributed by atoms with Gasteiger partial charge in [0.15, 0.2) is 29.7 Å². The zero-order valence-electron chi connectivity index (χ0n) is 16.7. The molecule has 0 fully saturated rings. The SMILES string of the molecule is Cc1oc(=O)oc1COC(=O)Oc1ccccc1N=Nc1ccc(NC(=O)CN)nc1N. The number of rotatable bonds is 7. The van der Waals surface area contributed by atoms with Gasteiger partial charge < -0.3 is 35.1 Å². The van der Waals surface area contributed by atoms with E-state index >= 15 is 0 Å². The standard InChI is InChI=1S/C19H18N6O7/c1-10-14(32-19(28)30-10)9-29-18(27)31-13-5-3-2-4-11(13)24-25-12-6-7-15(23-17(12)21)22-16(26)8-20/h2-7H,8-9,20H2,1H3,(H3,21,22,23,26). The van der Waals surface area contributed by atoms with E-state index in [-0.39, 0.29) is 53.4 Å². The molecule has 166 valence electrons. The quantitative estimate of drug-likeness (QED) is 0.277. The van der Waals surface area contributed by atoms with Crippen LogP contribution >= 0.6 is 0 Å². The van der Waals surface area contributed by atoms with Crippen molar-refractivity contribution >= 4 is 35.1 Å². The fourth-order valence-electron chi connectivity index (χ4n) is 2.30. The molecule has 0 aliphatic heterocycles. The number of azo groups is 1. The van der Waals surface area contributed by atoms with Crippen LogP contribution < -0.4 is 27.3 Å². The third kappa shape index (κ3) is 5.76. The molecule has 0 aliphatic rings. The predicted molar refractivity (Wildman–Crippen MR) is 110 cm³/mol. The largest absolute Gasteiger partial charge is 0.519 e. The number of benzene rings is 1. The Morgan fingerprint density at radius 3 is 2.56 bits per heavy atom. The van der Waals surface area contributed by atoms with Gasteiger partial charge >= 0.3 is 12.0 Å². The van der Waals surface area contributed by atoms with Gasteiger partial charge in [-0.2, -0.15) is 0 Å². The van der Waals surface area contributed by atoms with E-state index in [1.165, 1.54) is 25.1 Å². The Hall–Kier alpha value is -4.52. The molecule has 32 heavy (non-hydrogen) atoms. The zero-order chi connectivity index (χ0) is 23.1. The summed E-state index contributed by atoms with van der Waals surface area (Å²) in [7, 11) is 0. The number of aromatic nitrogens is 1. The molecule has 0 unspecified atom stereocenters. The average Bonchev–Trinajstić information content (AvgIpc) is 3.09.